The molecular formula is C21H25N5O5S2. The van der Waals surface area contributed by atoms with Crippen molar-refractivity contribution in [2.75, 3.05) is 24.3 Å². The number of nitrogens with one attached hydrogen (secondary N) is 1. The smallest absolute Gasteiger partial charge is 0.269 e. The lowest BCUT2D eigenvalue weighted by atomic mass is 10.2. The largest absolute Gasteiger partial charge is 0.381 e. The standard InChI is InChI=1S/C21H25N5O5S2/c1-3-14-18(32-12(2)23-14)20(28)25-21-24-15-10-13(19(22)27)11-16-17(15)26(21)6-4-7-31-8-5-9-33(16,29)30/h10-11H,3-9H2,1-2H3,(H2,22,27)(H,24,25,28). The van der Waals surface area contributed by atoms with Gasteiger partial charge in [-0.15, -0.1) is 11.3 Å². The van der Waals surface area contributed by atoms with Crippen LogP contribution in [-0.2, 0) is 27.5 Å². The van der Waals surface area contributed by atoms with Crippen molar-refractivity contribution in [3.8, 4) is 0 Å². The molecule has 0 bridgehead atoms. The number of imidazole rings is 1. The highest BCUT2D eigenvalue weighted by Crippen LogP contribution is 2.31. The minimum absolute atomic E-state index is 0.0217. The summed E-state index contributed by atoms with van der Waals surface area (Å²) in [4.78, 5) is 34.3. The molecule has 3 heterocycles. The molecule has 1 aliphatic rings. The number of aromatic nitrogens is 3. The second kappa shape index (κ2) is 9.20. The van der Waals surface area contributed by atoms with Crippen molar-refractivity contribution < 1.29 is 22.7 Å². The lowest BCUT2D eigenvalue weighted by molar-refractivity contribution is 0.0997. The van der Waals surface area contributed by atoms with Gasteiger partial charge in [0.2, 0.25) is 11.9 Å². The molecule has 0 radical (unpaired) electrons. The van der Waals surface area contributed by atoms with Gasteiger partial charge in [-0.1, -0.05) is 6.92 Å². The van der Waals surface area contributed by atoms with Crippen LogP contribution >= 0.6 is 11.3 Å². The Bertz CT molecular complexity index is 1340. The first-order chi connectivity index (χ1) is 15.7. The van der Waals surface area contributed by atoms with Crippen LogP contribution in [-0.4, -0.2) is 53.7 Å². The third-order valence-corrected chi connectivity index (χ3v) is 8.19. The zero-order valence-electron chi connectivity index (χ0n) is 18.4. The van der Waals surface area contributed by atoms with E-state index in [1.165, 1.54) is 23.5 Å². The van der Waals surface area contributed by atoms with Crippen molar-refractivity contribution in [2.24, 2.45) is 5.73 Å². The molecule has 2 aromatic heterocycles. The van der Waals surface area contributed by atoms with Gasteiger partial charge in [0, 0.05) is 25.3 Å². The van der Waals surface area contributed by atoms with Crippen LogP contribution in [0.3, 0.4) is 0 Å². The third kappa shape index (κ3) is 4.63. The van der Waals surface area contributed by atoms with Crippen LogP contribution in [0.1, 0.15) is 50.5 Å². The molecule has 33 heavy (non-hydrogen) atoms. The van der Waals surface area contributed by atoms with E-state index >= 15 is 0 Å². The Morgan fingerprint density at radius 1 is 1.24 bits per heavy atom. The number of ether oxygens (including phenoxy) is 1. The number of anilines is 1. The second-order valence-corrected chi connectivity index (χ2v) is 11.0. The van der Waals surface area contributed by atoms with Gasteiger partial charge in [0.15, 0.2) is 9.84 Å². The number of primary amides is 1. The Morgan fingerprint density at radius 2 is 2.00 bits per heavy atom. The summed E-state index contributed by atoms with van der Waals surface area (Å²) in [5.41, 5.74) is 6.81. The number of hydrogen-bond donors (Lipinski definition) is 2. The number of carbonyl (C=O) groups excluding carboxylic acids is 2. The molecule has 1 aliphatic heterocycles. The van der Waals surface area contributed by atoms with Crippen LogP contribution < -0.4 is 11.1 Å². The quantitative estimate of drug-likeness (QED) is 0.569. The zero-order chi connectivity index (χ0) is 23.8. The van der Waals surface area contributed by atoms with Crippen molar-refractivity contribution in [3.05, 3.63) is 33.3 Å². The summed E-state index contributed by atoms with van der Waals surface area (Å²) in [7, 11) is -3.76. The average Bonchev–Trinajstić information content (AvgIpc) is 3.30. The van der Waals surface area contributed by atoms with Gasteiger partial charge in [-0.3, -0.25) is 14.9 Å². The van der Waals surface area contributed by atoms with Crippen LogP contribution in [0.25, 0.3) is 11.0 Å². The highest BCUT2D eigenvalue weighted by atomic mass is 32.2. The Morgan fingerprint density at radius 3 is 2.73 bits per heavy atom. The third-order valence-electron chi connectivity index (χ3n) is 5.37. The van der Waals surface area contributed by atoms with Gasteiger partial charge < -0.3 is 15.0 Å². The molecule has 3 aromatic rings. The predicted octanol–water partition coefficient (Wildman–Crippen LogP) is 2.30. The summed E-state index contributed by atoms with van der Waals surface area (Å²) in [6.45, 7) is 4.88. The van der Waals surface area contributed by atoms with Crippen molar-refractivity contribution in [3.63, 3.8) is 0 Å². The highest BCUT2D eigenvalue weighted by molar-refractivity contribution is 7.91. The number of amides is 2. The lowest BCUT2D eigenvalue weighted by Crippen LogP contribution is -2.17. The first kappa shape index (κ1) is 23.3. The minimum Gasteiger partial charge on any atom is -0.381 e. The molecule has 0 spiro atoms. The lowest BCUT2D eigenvalue weighted by Gasteiger charge is -2.12. The summed E-state index contributed by atoms with van der Waals surface area (Å²) in [5, 5.41) is 3.60. The molecular weight excluding hydrogens is 466 g/mol. The highest BCUT2D eigenvalue weighted by Gasteiger charge is 2.27. The number of thiazole rings is 1. The number of nitrogens with zero attached hydrogens (tertiary/aromatic N) is 3. The fourth-order valence-corrected chi connectivity index (χ4v) is 6.29. The second-order valence-electron chi connectivity index (χ2n) is 7.75. The van der Waals surface area contributed by atoms with E-state index < -0.39 is 15.7 Å². The Hall–Kier alpha value is -2.83. The van der Waals surface area contributed by atoms with E-state index in [1.54, 1.807) is 4.57 Å². The van der Waals surface area contributed by atoms with Crippen molar-refractivity contribution in [1.82, 2.24) is 14.5 Å². The first-order valence-electron chi connectivity index (χ1n) is 10.6. The fourth-order valence-electron chi connectivity index (χ4n) is 3.86. The maximum atomic E-state index is 13.2. The Labute approximate surface area is 195 Å². The molecule has 0 saturated carbocycles. The SMILES string of the molecule is CCc1nc(C)sc1C(=O)Nc1nc2cc(C(N)=O)cc3c2n1CCCOCCCS3(=O)=O. The number of aryl methyl sites for hydroxylation is 3. The number of sulfone groups is 1. The van der Waals surface area contributed by atoms with E-state index in [2.05, 4.69) is 15.3 Å². The fraction of sp³-hybridized carbons (Fsp3) is 0.429. The van der Waals surface area contributed by atoms with Gasteiger partial charge in [0.25, 0.3) is 5.91 Å². The van der Waals surface area contributed by atoms with Gasteiger partial charge >= 0.3 is 0 Å². The normalized spacial score (nSPS) is 16.3. The summed E-state index contributed by atoms with van der Waals surface area (Å²) < 4.78 is 33.6. The van der Waals surface area contributed by atoms with E-state index in [-0.39, 0.29) is 33.6 Å². The van der Waals surface area contributed by atoms with Gasteiger partial charge in [-0.2, -0.15) is 0 Å². The number of hydrogen-bond acceptors (Lipinski definition) is 8. The van der Waals surface area contributed by atoms with Gasteiger partial charge in [-0.05, 0) is 38.3 Å². The molecule has 0 unspecified atom stereocenters. The van der Waals surface area contributed by atoms with Gasteiger partial charge in [-0.25, -0.2) is 18.4 Å². The summed E-state index contributed by atoms with van der Waals surface area (Å²) >= 11 is 1.29. The van der Waals surface area contributed by atoms with Crippen molar-refractivity contribution in [2.45, 2.75) is 44.6 Å². The maximum absolute atomic E-state index is 13.2. The Balaban J connectivity index is 1.89. The summed E-state index contributed by atoms with van der Waals surface area (Å²) in [6.07, 6.45) is 1.52. The van der Waals surface area contributed by atoms with Crippen LogP contribution in [0.15, 0.2) is 17.0 Å². The van der Waals surface area contributed by atoms with Gasteiger partial charge in [0.05, 0.1) is 32.4 Å². The number of carbonyl (C=O) groups is 2. The topological polar surface area (TPSA) is 146 Å². The van der Waals surface area contributed by atoms with Crippen LogP contribution in [0.4, 0.5) is 5.95 Å². The van der Waals surface area contributed by atoms with Gasteiger partial charge in [0.1, 0.15) is 4.88 Å². The molecule has 0 aliphatic carbocycles. The van der Waals surface area contributed by atoms with E-state index in [0.717, 1.165) is 5.01 Å². The zero-order valence-corrected chi connectivity index (χ0v) is 20.0. The molecule has 0 saturated heterocycles. The molecule has 2 amide bonds. The van der Waals surface area contributed by atoms with E-state index in [1.807, 2.05) is 13.8 Å². The molecule has 4 rings (SSSR count). The molecule has 3 N–H and O–H groups in total. The molecule has 12 heteroatoms. The van der Waals surface area contributed by atoms with E-state index in [9.17, 15) is 18.0 Å². The van der Waals surface area contributed by atoms with Crippen LogP contribution in [0.5, 0.6) is 0 Å². The monoisotopic (exact) mass is 491 g/mol. The maximum Gasteiger partial charge on any atom is 0.269 e. The first-order valence-corrected chi connectivity index (χ1v) is 13.1. The minimum atomic E-state index is -3.76. The van der Waals surface area contributed by atoms with E-state index in [0.29, 0.717) is 55.1 Å². The number of benzene rings is 1. The molecule has 1 aromatic carbocycles. The summed E-state index contributed by atoms with van der Waals surface area (Å²) in [5.74, 6) is -1.07. The number of nitrogens with two attached hydrogens (primary N) is 1. The van der Waals surface area contributed by atoms with Crippen LogP contribution in [0, 0.1) is 6.92 Å². The van der Waals surface area contributed by atoms with E-state index in [4.69, 9.17) is 10.5 Å². The number of rotatable bonds is 4. The summed E-state index contributed by atoms with van der Waals surface area (Å²) in [6, 6.07) is 2.75. The van der Waals surface area contributed by atoms with Crippen LogP contribution in [0.2, 0.25) is 0 Å². The van der Waals surface area contributed by atoms with Crippen molar-refractivity contribution >= 4 is 50.0 Å². The van der Waals surface area contributed by atoms with Crippen molar-refractivity contribution in [1.29, 1.82) is 0 Å². The Kier molecular flexibility index (Phi) is 6.50. The molecule has 0 atom stereocenters. The molecule has 10 nitrogen and oxygen atoms in total. The molecule has 176 valence electrons. The molecule has 0 fully saturated rings. The predicted molar refractivity (Wildman–Crippen MR) is 125 cm³/mol. The average molecular weight is 492 g/mol.